The Morgan fingerprint density at radius 1 is 1.20 bits per heavy atom. The lowest BCUT2D eigenvalue weighted by Crippen LogP contribution is -2.37. The van der Waals surface area contributed by atoms with E-state index in [2.05, 4.69) is 41.0 Å². The van der Waals surface area contributed by atoms with Crippen LogP contribution in [0.1, 0.15) is 48.8 Å². The van der Waals surface area contributed by atoms with Gasteiger partial charge >= 0.3 is 6.09 Å². The summed E-state index contributed by atoms with van der Waals surface area (Å²) in [6.07, 6.45) is 8.62. The van der Waals surface area contributed by atoms with Crippen LogP contribution in [0.5, 0.6) is 5.88 Å². The smallest absolute Gasteiger partial charge is 0.396 e. The van der Waals surface area contributed by atoms with Crippen molar-refractivity contribution in [3.63, 3.8) is 0 Å². The summed E-state index contributed by atoms with van der Waals surface area (Å²) in [6, 6.07) is 0. The normalized spacial score (nSPS) is 13.3. The van der Waals surface area contributed by atoms with E-state index in [1.165, 1.54) is 17.2 Å². The first-order valence-corrected chi connectivity index (χ1v) is 11.0. The van der Waals surface area contributed by atoms with Crippen molar-refractivity contribution in [2.45, 2.75) is 32.6 Å². The molecular weight excluding hydrogens is 454 g/mol. The Bertz CT molecular complexity index is 1210. The monoisotopic (exact) mass is 481 g/mol. The SMILES string of the molecule is Cn1ncc(NC(=O)Oc2nc(C3CC3)cnc2Nc2cncnc2)c1C(=O)NCC(C)(C)CO. The first-order valence-electron chi connectivity index (χ1n) is 11.0. The Kier molecular flexibility index (Phi) is 6.87. The van der Waals surface area contributed by atoms with Crippen LogP contribution in [-0.4, -0.2) is 60.0 Å². The Morgan fingerprint density at radius 3 is 2.63 bits per heavy atom. The molecule has 1 aliphatic carbocycles. The van der Waals surface area contributed by atoms with Gasteiger partial charge in [-0.25, -0.2) is 24.7 Å². The second-order valence-electron chi connectivity index (χ2n) is 9.03. The van der Waals surface area contributed by atoms with Gasteiger partial charge in [0, 0.05) is 31.5 Å². The summed E-state index contributed by atoms with van der Waals surface area (Å²) in [5.74, 6) is 0.0349. The molecule has 0 aliphatic heterocycles. The minimum atomic E-state index is -0.864. The van der Waals surface area contributed by atoms with Crippen molar-refractivity contribution < 1.29 is 19.4 Å². The number of anilines is 3. The zero-order chi connectivity index (χ0) is 25.0. The highest BCUT2D eigenvalue weighted by molar-refractivity contribution is 6.01. The fourth-order valence-electron chi connectivity index (χ4n) is 3.10. The zero-order valence-electron chi connectivity index (χ0n) is 19.6. The van der Waals surface area contributed by atoms with E-state index in [1.807, 2.05) is 13.8 Å². The van der Waals surface area contributed by atoms with E-state index >= 15 is 0 Å². The molecule has 0 aromatic carbocycles. The van der Waals surface area contributed by atoms with E-state index in [4.69, 9.17) is 4.74 Å². The van der Waals surface area contributed by atoms with Gasteiger partial charge in [0.2, 0.25) is 0 Å². The predicted molar refractivity (Wildman–Crippen MR) is 125 cm³/mol. The molecule has 13 nitrogen and oxygen atoms in total. The fraction of sp³-hybridized carbons (Fsp3) is 0.409. The number of aromatic nitrogens is 6. The van der Waals surface area contributed by atoms with Crippen LogP contribution in [0.3, 0.4) is 0 Å². The molecule has 184 valence electrons. The van der Waals surface area contributed by atoms with Crippen LogP contribution in [0.2, 0.25) is 0 Å². The van der Waals surface area contributed by atoms with E-state index in [1.54, 1.807) is 25.6 Å². The lowest BCUT2D eigenvalue weighted by Gasteiger charge is -2.22. The van der Waals surface area contributed by atoms with Crippen molar-refractivity contribution >= 4 is 29.2 Å². The minimum absolute atomic E-state index is 0.0182. The van der Waals surface area contributed by atoms with Gasteiger partial charge in [-0.15, -0.1) is 0 Å². The lowest BCUT2D eigenvalue weighted by molar-refractivity contribution is 0.0902. The molecule has 0 bridgehead atoms. The van der Waals surface area contributed by atoms with Gasteiger partial charge in [-0.2, -0.15) is 5.10 Å². The molecule has 35 heavy (non-hydrogen) atoms. The van der Waals surface area contributed by atoms with Crippen molar-refractivity contribution in [2.75, 3.05) is 23.8 Å². The standard InChI is InChI=1S/C22H27N9O4/c1-22(2,11-32)10-26-19(33)17-16(9-27-31(17)3)30-21(34)35-20-18(28-14-6-23-12-24-7-14)25-8-15(29-20)13-4-5-13/h6-9,12-13,32H,4-5,10-11H2,1-3H3,(H,25,28)(H,26,33)(H,30,34). The molecule has 1 fully saturated rings. The Labute approximate surface area is 201 Å². The molecule has 3 aromatic heterocycles. The molecule has 0 saturated heterocycles. The maximum Gasteiger partial charge on any atom is 0.418 e. The van der Waals surface area contributed by atoms with Crippen molar-refractivity contribution in [3.05, 3.63) is 42.5 Å². The van der Waals surface area contributed by atoms with Gasteiger partial charge in [0.25, 0.3) is 11.8 Å². The molecule has 1 saturated carbocycles. The highest BCUT2D eigenvalue weighted by Crippen LogP contribution is 2.40. The number of nitrogens with one attached hydrogen (secondary N) is 3. The number of aliphatic hydroxyl groups excluding tert-OH is 1. The van der Waals surface area contributed by atoms with Crippen LogP contribution in [-0.2, 0) is 7.05 Å². The van der Waals surface area contributed by atoms with Crippen LogP contribution in [0, 0.1) is 5.41 Å². The van der Waals surface area contributed by atoms with Gasteiger partial charge in [-0.1, -0.05) is 13.8 Å². The summed E-state index contributed by atoms with van der Waals surface area (Å²) < 4.78 is 6.83. The second kappa shape index (κ2) is 10.0. The summed E-state index contributed by atoms with van der Waals surface area (Å²) in [7, 11) is 1.58. The third kappa shape index (κ3) is 6.06. The van der Waals surface area contributed by atoms with Crippen LogP contribution in [0.4, 0.5) is 22.0 Å². The number of hydrogen-bond acceptors (Lipinski definition) is 10. The summed E-state index contributed by atoms with van der Waals surface area (Å²) in [6.45, 7) is 3.77. The van der Waals surface area contributed by atoms with Crippen LogP contribution in [0.25, 0.3) is 0 Å². The van der Waals surface area contributed by atoms with Gasteiger partial charge in [0.15, 0.2) is 5.82 Å². The van der Waals surface area contributed by atoms with E-state index in [9.17, 15) is 14.7 Å². The molecule has 0 atom stereocenters. The highest BCUT2D eigenvalue weighted by Gasteiger charge is 2.28. The number of aryl methyl sites for hydroxylation is 1. The molecular formula is C22H27N9O4. The summed E-state index contributed by atoms with van der Waals surface area (Å²) in [4.78, 5) is 42.2. The molecule has 3 aromatic rings. The highest BCUT2D eigenvalue weighted by atomic mass is 16.6. The van der Waals surface area contributed by atoms with E-state index in [0.29, 0.717) is 11.6 Å². The first-order chi connectivity index (χ1) is 16.8. The maximum absolute atomic E-state index is 12.8. The number of carbonyl (C=O) groups excluding carboxylic acids is 2. The van der Waals surface area contributed by atoms with Gasteiger partial charge in [0.1, 0.15) is 12.0 Å². The first kappa shape index (κ1) is 24.0. The average Bonchev–Trinajstić information content (AvgIpc) is 3.63. The van der Waals surface area contributed by atoms with Crippen LogP contribution in [0.15, 0.2) is 31.1 Å². The van der Waals surface area contributed by atoms with Crippen LogP contribution < -0.4 is 20.7 Å². The summed E-state index contributed by atoms with van der Waals surface area (Å²) in [5, 5.41) is 21.8. The molecule has 4 rings (SSSR count). The largest absolute Gasteiger partial charge is 0.418 e. The number of carbonyl (C=O) groups is 2. The van der Waals surface area contributed by atoms with Gasteiger partial charge in [-0.05, 0) is 12.8 Å². The molecule has 3 heterocycles. The van der Waals surface area contributed by atoms with Crippen LogP contribution >= 0.6 is 0 Å². The lowest BCUT2D eigenvalue weighted by atomic mass is 9.95. The number of aliphatic hydroxyl groups is 1. The van der Waals surface area contributed by atoms with E-state index < -0.39 is 17.4 Å². The molecule has 2 amide bonds. The van der Waals surface area contributed by atoms with Crippen molar-refractivity contribution in [1.82, 2.24) is 35.0 Å². The molecule has 1 aliphatic rings. The van der Waals surface area contributed by atoms with Gasteiger partial charge < -0.3 is 20.5 Å². The van der Waals surface area contributed by atoms with Crippen molar-refractivity contribution in [2.24, 2.45) is 12.5 Å². The quantitative estimate of drug-likeness (QED) is 0.354. The second-order valence-corrected chi connectivity index (χ2v) is 9.03. The van der Waals surface area contributed by atoms with Gasteiger partial charge in [0.05, 0.1) is 41.9 Å². The fourth-order valence-corrected chi connectivity index (χ4v) is 3.10. The summed E-state index contributed by atoms with van der Waals surface area (Å²) >= 11 is 0. The zero-order valence-corrected chi connectivity index (χ0v) is 19.6. The molecule has 4 N–H and O–H groups in total. The van der Waals surface area contributed by atoms with Crippen molar-refractivity contribution in [1.29, 1.82) is 0 Å². The Morgan fingerprint density at radius 2 is 1.94 bits per heavy atom. The van der Waals surface area contributed by atoms with Crippen molar-refractivity contribution in [3.8, 4) is 5.88 Å². The van der Waals surface area contributed by atoms with E-state index in [-0.39, 0.29) is 36.2 Å². The Hall–Kier alpha value is -4.13. The van der Waals surface area contributed by atoms with E-state index in [0.717, 1.165) is 18.5 Å². The Balaban J connectivity index is 1.50. The minimum Gasteiger partial charge on any atom is -0.396 e. The number of hydrogen-bond donors (Lipinski definition) is 4. The molecule has 0 unspecified atom stereocenters. The third-order valence-corrected chi connectivity index (χ3v) is 5.31. The van der Waals surface area contributed by atoms with Gasteiger partial charge in [-0.3, -0.25) is 14.8 Å². The number of ether oxygens (including phenoxy) is 1. The third-order valence-electron chi connectivity index (χ3n) is 5.31. The molecule has 0 spiro atoms. The molecule has 0 radical (unpaired) electrons. The average molecular weight is 482 g/mol. The summed E-state index contributed by atoms with van der Waals surface area (Å²) in [5.41, 5.74) is 1.07. The number of nitrogens with zero attached hydrogens (tertiary/aromatic N) is 6. The predicted octanol–water partition coefficient (Wildman–Crippen LogP) is 1.98. The number of amides is 2. The maximum atomic E-state index is 12.8. The number of rotatable bonds is 9. The molecule has 13 heteroatoms. The topological polar surface area (TPSA) is 169 Å².